The van der Waals surface area contributed by atoms with E-state index in [1.807, 2.05) is 19.2 Å². The number of rotatable bonds is 6. The van der Waals surface area contributed by atoms with Gasteiger partial charge in [-0.05, 0) is 30.2 Å². The molecule has 7 heteroatoms. The fourth-order valence-corrected chi connectivity index (χ4v) is 2.71. The zero-order valence-corrected chi connectivity index (χ0v) is 17.7. The number of anilines is 1. The summed E-state index contributed by atoms with van der Waals surface area (Å²) in [4.78, 5) is 8.89. The Kier molecular flexibility index (Phi) is 10.1. The zero-order valence-electron chi connectivity index (χ0n) is 15.4. The molecule has 0 radical (unpaired) electrons. The number of halogens is 2. The summed E-state index contributed by atoms with van der Waals surface area (Å²) < 4.78 is 18.6. The van der Waals surface area contributed by atoms with Crippen LogP contribution in [0.3, 0.4) is 0 Å². The van der Waals surface area contributed by atoms with Crippen LogP contribution in [0.1, 0.15) is 13.8 Å². The van der Waals surface area contributed by atoms with Crippen LogP contribution in [0.5, 0.6) is 0 Å². The number of benzene rings is 1. The molecule has 1 saturated heterocycles. The van der Waals surface area contributed by atoms with Gasteiger partial charge in [0.15, 0.2) is 5.96 Å². The lowest BCUT2D eigenvalue weighted by Gasteiger charge is -2.37. The fraction of sp³-hybridized carbons (Fsp3) is 0.611. The molecule has 1 heterocycles. The van der Waals surface area contributed by atoms with Crippen LogP contribution in [-0.2, 0) is 4.74 Å². The van der Waals surface area contributed by atoms with Crippen molar-refractivity contribution in [3.05, 3.63) is 30.1 Å². The van der Waals surface area contributed by atoms with Gasteiger partial charge >= 0.3 is 0 Å². The van der Waals surface area contributed by atoms with Gasteiger partial charge in [0, 0.05) is 52.1 Å². The van der Waals surface area contributed by atoms with Crippen molar-refractivity contribution in [3.63, 3.8) is 0 Å². The minimum Gasteiger partial charge on any atom is -0.379 e. The van der Waals surface area contributed by atoms with E-state index in [-0.39, 0.29) is 29.8 Å². The highest BCUT2D eigenvalue weighted by Crippen LogP contribution is 2.16. The average molecular weight is 464 g/mol. The Bertz CT molecular complexity index is 516. The highest BCUT2D eigenvalue weighted by Gasteiger charge is 2.19. The van der Waals surface area contributed by atoms with Crippen molar-refractivity contribution in [3.8, 4) is 0 Å². The molecule has 25 heavy (non-hydrogen) atoms. The number of nitrogens with one attached hydrogen (secondary N) is 1. The van der Waals surface area contributed by atoms with Crippen molar-refractivity contribution in [2.75, 3.05) is 57.9 Å². The van der Waals surface area contributed by atoms with Crippen molar-refractivity contribution in [2.24, 2.45) is 10.9 Å². The number of ether oxygens (including phenoxy) is 1. The maximum atomic E-state index is 13.0. The largest absolute Gasteiger partial charge is 0.379 e. The molecule has 0 saturated carbocycles. The van der Waals surface area contributed by atoms with Gasteiger partial charge in [0.2, 0.25) is 0 Å². The summed E-state index contributed by atoms with van der Waals surface area (Å²) in [6.07, 6.45) is 0. The molecule has 0 aromatic heterocycles. The molecule has 0 aliphatic carbocycles. The standard InChI is InChI=1S/C18H29FN4O.HI/c1-15(2)14-24-13-8-21-18(20-3)23-11-9-22(10-12-23)17-6-4-16(19)5-7-17;/h4-7,15H,8-14H2,1-3H3,(H,20,21);1H. The lowest BCUT2D eigenvalue weighted by Crippen LogP contribution is -2.53. The van der Waals surface area contributed by atoms with Crippen molar-refractivity contribution in [2.45, 2.75) is 13.8 Å². The van der Waals surface area contributed by atoms with Crippen LogP contribution in [0.4, 0.5) is 10.1 Å². The second-order valence-corrected chi connectivity index (χ2v) is 6.39. The van der Waals surface area contributed by atoms with Crippen LogP contribution in [0.2, 0.25) is 0 Å². The third kappa shape index (κ3) is 7.35. The first-order chi connectivity index (χ1) is 11.6. The van der Waals surface area contributed by atoms with Crippen molar-refractivity contribution in [1.29, 1.82) is 0 Å². The van der Waals surface area contributed by atoms with E-state index in [0.717, 1.165) is 51.0 Å². The highest BCUT2D eigenvalue weighted by molar-refractivity contribution is 14.0. The Morgan fingerprint density at radius 3 is 2.40 bits per heavy atom. The molecule has 1 aliphatic heterocycles. The zero-order chi connectivity index (χ0) is 17.4. The number of guanidine groups is 1. The van der Waals surface area contributed by atoms with E-state index in [1.165, 1.54) is 12.1 Å². The lowest BCUT2D eigenvalue weighted by molar-refractivity contribution is 0.114. The molecule has 0 unspecified atom stereocenters. The Balaban J connectivity index is 0.00000312. The Labute approximate surface area is 167 Å². The molecule has 1 N–H and O–H groups in total. The molecule has 1 aromatic rings. The van der Waals surface area contributed by atoms with Crippen molar-refractivity contribution >= 4 is 35.6 Å². The van der Waals surface area contributed by atoms with Crippen molar-refractivity contribution < 1.29 is 9.13 Å². The predicted octanol–water partition coefficient (Wildman–Crippen LogP) is 2.81. The molecule has 1 aromatic carbocycles. The Morgan fingerprint density at radius 1 is 1.20 bits per heavy atom. The monoisotopic (exact) mass is 464 g/mol. The molecule has 0 amide bonds. The van der Waals surface area contributed by atoms with Gasteiger partial charge in [0.25, 0.3) is 0 Å². The molecule has 0 bridgehead atoms. The number of hydrogen-bond donors (Lipinski definition) is 1. The SMILES string of the molecule is CN=C(NCCOCC(C)C)N1CCN(c2ccc(F)cc2)CC1.I. The summed E-state index contributed by atoms with van der Waals surface area (Å²) in [6, 6.07) is 6.70. The third-order valence-electron chi connectivity index (χ3n) is 3.96. The first kappa shape index (κ1) is 22.0. The maximum Gasteiger partial charge on any atom is 0.193 e. The fourth-order valence-electron chi connectivity index (χ4n) is 2.71. The minimum absolute atomic E-state index is 0. The van der Waals surface area contributed by atoms with Gasteiger partial charge < -0.3 is 19.9 Å². The molecule has 2 rings (SSSR count). The molecule has 5 nitrogen and oxygen atoms in total. The van der Waals surface area contributed by atoms with E-state index in [2.05, 4.69) is 34.0 Å². The van der Waals surface area contributed by atoms with Gasteiger partial charge in [-0.15, -0.1) is 24.0 Å². The molecule has 1 fully saturated rings. The second-order valence-electron chi connectivity index (χ2n) is 6.39. The topological polar surface area (TPSA) is 40.1 Å². The maximum absolute atomic E-state index is 13.0. The van der Waals surface area contributed by atoms with Crippen LogP contribution < -0.4 is 10.2 Å². The number of aliphatic imine (C=N–C) groups is 1. The van der Waals surface area contributed by atoms with Crippen LogP contribution in [0.25, 0.3) is 0 Å². The number of hydrogen-bond acceptors (Lipinski definition) is 3. The van der Waals surface area contributed by atoms with Crippen LogP contribution >= 0.6 is 24.0 Å². The normalized spacial score (nSPS) is 15.3. The van der Waals surface area contributed by atoms with Gasteiger partial charge in [-0.1, -0.05) is 13.8 Å². The van der Waals surface area contributed by atoms with E-state index in [1.54, 1.807) is 0 Å². The second kappa shape index (κ2) is 11.5. The molecule has 1 aliphatic rings. The highest BCUT2D eigenvalue weighted by atomic mass is 127. The van der Waals surface area contributed by atoms with E-state index in [0.29, 0.717) is 12.5 Å². The van der Waals surface area contributed by atoms with E-state index in [4.69, 9.17) is 4.74 Å². The summed E-state index contributed by atoms with van der Waals surface area (Å²) in [6.45, 7) is 10.1. The van der Waals surface area contributed by atoms with Crippen molar-refractivity contribution in [1.82, 2.24) is 10.2 Å². The molecular formula is C18H30FIN4O. The van der Waals surface area contributed by atoms with Crippen LogP contribution in [0.15, 0.2) is 29.3 Å². The summed E-state index contributed by atoms with van der Waals surface area (Å²) >= 11 is 0. The first-order valence-corrected chi connectivity index (χ1v) is 8.64. The Hall–Kier alpha value is -1.09. The molecule has 0 spiro atoms. The number of nitrogens with zero attached hydrogens (tertiary/aromatic N) is 3. The van der Waals surface area contributed by atoms with Gasteiger partial charge in [-0.25, -0.2) is 4.39 Å². The smallest absolute Gasteiger partial charge is 0.193 e. The molecule has 0 atom stereocenters. The van der Waals surface area contributed by atoms with Gasteiger partial charge in [-0.2, -0.15) is 0 Å². The summed E-state index contributed by atoms with van der Waals surface area (Å²) in [5.74, 6) is 1.28. The van der Waals surface area contributed by atoms with Gasteiger partial charge in [0.1, 0.15) is 5.82 Å². The predicted molar refractivity (Wildman–Crippen MR) is 113 cm³/mol. The van der Waals surface area contributed by atoms with Gasteiger partial charge in [-0.3, -0.25) is 4.99 Å². The molecular weight excluding hydrogens is 434 g/mol. The van der Waals surface area contributed by atoms with Crippen LogP contribution in [0, 0.1) is 11.7 Å². The summed E-state index contributed by atoms with van der Waals surface area (Å²) in [5, 5.41) is 3.36. The van der Waals surface area contributed by atoms with E-state index in [9.17, 15) is 4.39 Å². The molecule has 142 valence electrons. The summed E-state index contributed by atoms with van der Waals surface area (Å²) in [7, 11) is 1.81. The average Bonchev–Trinajstić information content (AvgIpc) is 2.59. The first-order valence-electron chi connectivity index (χ1n) is 8.64. The van der Waals surface area contributed by atoms with E-state index < -0.39 is 0 Å². The number of piperazine rings is 1. The Morgan fingerprint density at radius 2 is 1.84 bits per heavy atom. The lowest BCUT2D eigenvalue weighted by atomic mass is 10.2. The quantitative estimate of drug-likeness (QED) is 0.304. The summed E-state index contributed by atoms with van der Waals surface area (Å²) in [5.41, 5.74) is 1.07. The van der Waals surface area contributed by atoms with Gasteiger partial charge in [0.05, 0.1) is 6.61 Å². The van der Waals surface area contributed by atoms with E-state index >= 15 is 0 Å². The van der Waals surface area contributed by atoms with Crippen LogP contribution in [-0.4, -0.2) is 63.8 Å². The minimum atomic E-state index is -0.193. The third-order valence-corrected chi connectivity index (χ3v) is 3.96.